The number of benzene rings is 1. The molecule has 1 aromatic heterocycles. The average molecular weight is 421 g/mol. The van der Waals surface area contributed by atoms with Crippen molar-refractivity contribution in [1.29, 1.82) is 0 Å². The number of amides is 2. The van der Waals surface area contributed by atoms with E-state index in [1.165, 1.54) is 22.6 Å². The summed E-state index contributed by atoms with van der Waals surface area (Å²) < 4.78 is 27.3. The van der Waals surface area contributed by atoms with E-state index in [9.17, 15) is 18.3 Å². The Bertz CT molecular complexity index is 1020. The second-order valence-electron chi connectivity index (χ2n) is 8.00. The molecule has 4 rings (SSSR count). The molecule has 0 unspecified atom stereocenters. The predicted molar refractivity (Wildman–Crippen MR) is 109 cm³/mol. The molecule has 2 aliphatic carbocycles. The van der Waals surface area contributed by atoms with Crippen LogP contribution in [0.25, 0.3) is 0 Å². The van der Waals surface area contributed by atoms with Crippen molar-refractivity contribution in [2.45, 2.75) is 62.9 Å². The monoisotopic (exact) mass is 420 g/mol. The van der Waals surface area contributed by atoms with Gasteiger partial charge in [-0.25, -0.2) is 17.9 Å². The van der Waals surface area contributed by atoms with Crippen molar-refractivity contribution in [3.8, 4) is 0 Å². The van der Waals surface area contributed by atoms with Crippen molar-refractivity contribution < 1.29 is 18.3 Å². The van der Waals surface area contributed by atoms with Crippen molar-refractivity contribution in [2.24, 2.45) is 0 Å². The van der Waals surface area contributed by atoms with E-state index in [0.717, 1.165) is 66.7 Å². The van der Waals surface area contributed by atoms with Gasteiger partial charge in [0, 0.05) is 15.9 Å². The van der Waals surface area contributed by atoms with Crippen LogP contribution in [0.5, 0.6) is 0 Å². The van der Waals surface area contributed by atoms with Gasteiger partial charge in [-0.2, -0.15) is 0 Å². The fourth-order valence-corrected chi connectivity index (χ4v) is 6.27. The lowest BCUT2D eigenvalue weighted by Crippen LogP contribution is -2.34. The van der Waals surface area contributed by atoms with E-state index in [2.05, 4.69) is 16.1 Å². The van der Waals surface area contributed by atoms with E-state index in [-0.39, 0.29) is 4.90 Å². The summed E-state index contributed by atoms with van der Waals surface area (Å²) in [6, 6.07) is 2.91. The van der Waals surface area contributed by atoms with E-state index in [1.54, 1.807) is 13.8 Å². The Balaban J connectivity index is 1.56. The molecule has 150 valence electrons. The third-order valence-electron chi connectivity index (χ3n) is 5.43. The van der Waals surface area contributed by atoms with Crippen LogP contribution in [0.1, 0.15) is 53.8 Å². The lowest BCUT2D eigenvalue weighted by Gasteiger charge is -2.16. The number of rotatable bonds is 4. The van der Waals surface area contributed by atoms with Gasteiger partial charge in [0.05, 0.1) is 10.5 Å². The zero-order valence-electron chi connectivity index (χ0n) is 16.0. The van der Waals surface area contributed by atoms with E-state index in [4.69, 9.17) is 0 Å². The van der Waals surface area contributed by atoms with Gasteiger partial charge in [-0.3, -0.25) is 0 Å². The van der Waals surface area contributed by atoms with Crippen LogP contribution in [0.3, 0.4) is 0 Å². The summed E-state index contributed by atoms with van der Waals surface area (Å²) in [7, 11) is -4.01. The van der Waals surface area contributed by atoms with Crippen LogP contribution >= 0.6 is 11.3 Å². The molecule has 2 aliphatic rings. The highest BCUT2D eigenvalue weighted by Gasteiger charge is 2.27. The number of hydrogen-bond acceptors (Lipinski definition) is 5. The molecular formula is C20H24N2O4S2. The Labute approximate surface area is 169 Å². The molecule has 0 saturated carbocycles. The molecule has 0 spiro atoms. The maximum Gasteiger partial charge on any atom is 0.333 e. The number of carbonyl (C=O) groups excluding carboxylic acids is 1. The summed E-state index contributed by atoms with van der Waals surface area (Å²) in [5.41, 5.74) is 4.50. The molecule has 28 heavy (non-hydrogen) atoms. The van der Waals surface area contributed by atoms with Crippen LogP contribution in [0.2, 0.25) is 0 Å². The first-order chi connectivity index (χ1) is 13.1. The Morgan fingerprint density at radius 3 is 2.21 bits per heavy atom. The fourth-order valence-electron chi connectivity index (χ4n) is 4.07. The van der Waals surface area contributed by atoms with Crippen LogP contribution in [0, 0.1) is 0 Å². The predicted octanol–water partition coefficient (Wildman–Crippen LogP) is 3.46. The zero-order chi connectivity index (χ0) is 20.1. The van der Waals surface area contributed by atoms with Crippen molar-refractivity contribution in [3.05, 3.63) is 44.6 Å². The van der Waals surface area contributed by atoms with Gasteiger partial charge in [0.1, 0.15) is 0 Å². The maximum atomic E-state index is 12.6. The topological polar surface area (TPSA) is 95.5 Å². The van der Waals surface area contributed by atoms with Crippen molar-refractivity contribution in [2.75, 3.05) is 5.32 Å². The SMILES string of the molecule is CC(C)(O)c1cc(S(=O)(=O)NC(=O)Nc2c3c(cc4c2CCC4)CCC3)cs1. The first-order valence-electron chi connectivity index (χ1n) is 9.47. The number of sulfonamides is 1. The summed E-state index contributed by atoms with van der Waals surface area (Å²) in [5.74, 6) is 0. The van der Waals surface area contributed by atoms with E-state index < -0.39 is 21.7 Å². The molecule has 2 amide bonds. The maximum absolute atomic E-state index is 12.6. The number of urea groups is 1. The first kappa shape index (κ1) is 19.4. The summed E-state index contributed by atoms with van der Waals surface area (Å²) in [5, 5.41) is 14.3. The number of aliphatic hydroxyl groups is 1. The van der Waals surface area contributed by atoms with E-state index >= 15 is 0 Å². The second kappa shape index (κ2) is 6.86. The molecule has 0 fully saturated rings. The number of thiophene rings is 1. The van der Waals surface area contributed by atoms with Gasteiger partial charge in [0.25, 0.3) is 10.0 Å². The number of hydrogen-bond donors (Lipinski definition) is 3. The van der Waals surface area contributed by atoms with Crippen molar-refractivity contribution in [3.63, 3.8) is 0 Å². The summed E-state index contributed by atoms with van der Waals surface area (Å²) in [6.07, 6.45) is 5.94. The van der Waals surface area contributed by atoms with Crippen molar-refractivity contribution >= 4 is 33.1 Å². The molecule has 0 aliphatic heterocycles. The fraction of sp³-hybridized carbons (Fsp3) is 0.450. The van der Waals surface area contributed by atoms with Gasteiger partial charge in [0.2, 0.25) is 0 Å². The molecule has 1 aromatic carbocycles. The number of aryl methyl sites for hydroxylation is 2. The Kier molecular flexibility index (Phi) is 4.76. The van der Waals surface area contributed by atoms with Crippen LogP contribution in [0.15, 0.2) is 22.4 Å². The minimum Gasteiger partial charge on any atom is -0.385 e. The second-order valence-corrected chi connectivity index (χ2v) is 10.6. The Hall–Kier alpha value is -1.90. The van der Waals surface area contributed by atoms with Gasteiger partial charge in [-0.05, 0) is 80.7 Å². The number of anilines is 1. The van der Waals surface area contributed by atoms with E-state index in [1.807, 2.05) is 0 Å². The molecule has 8 heteroatoms. The largest absolute Gasteiger partial charge is 0.385 e. The molecule has 0 saturated heterocycles. The van der Waals surface area contributed by atoms with Gasteiger partial charge in [0.15, 0.2) is 0 Å². The van der Waals surface area contributed by atoms with Crippen LogP contribution in [-0.4, -0.2) is 19.6 Å². The van der Waals surface area contributed by atoms with Gasteiger partial charge >= 0.3 is 6.03 Å². The van der Waals surface area contributed by atoms with Crippen LogP contribution in [-0.2, 0) is 41.3 Å². The highest BCUT2D eigenvalue weighted by Crippen LogP contribution is 2.38. The minimum absolute atomic E-state index is 0.0201. The number of fused-ring (bicyclic) bond motifs is 2. The third kappa shape index (κ3) is 3.56. The standard InChI is InChI=1S/C20H24N2O4S2/c1-20(2,24)17-10-14(11-27-17)28(25,26)22-19(23)21-18-15-7-3-5-12(15)9-13-6-4-8-16(13)18/h9-11,24H,3-8H2,1-2H3,(H2,21,22,23). The quantitative estimate of drug-likeness (QED) is 0.706. The molecule has 1 heterocycles. The Morgan fingerprint density at radius 2 is 1.68 bits per heavy atom. The summed E-state index contributed by atoms with van der Waals surface area (Å²) in [6.45, 7) is 3.18. The summed E-state index contributed by atoms with van der Waals surface area (Å²) in [4.78, 5) is 13.1. The molecule has 2 aromatic rings. The highest BCUT2D eigenvalue weighted by molar-refractivity contribution is 7.90. The lowest BCUT2D eigenvalue weighted by atomic mass is 9.99. The average Bonchev–Trinajstić information content (AvgIpc) is 3.33. The lowest BCUT2D eigenvalue weighted by molar-refractivity contribution is 0.0824. The van der Waals surface area contributed by atoms with Crippen molar-refractivity contribution in [1.82, 2.24) is 4.72 Å². The van der Waals surface area contributed by atoms with E-state index in [0.29, 0.717) is 4.88 Å². The number of nitrogens with one attached hydrogen (secondary N) is 2. The molecule has 0 bridgehead atoms. The smallest absolute Gasteiger partial charge is 0.333 e. The molecule has 3 N–H and O–H groups in total. The van der Waals surface area contributed by atoms with Gasteiger partial charge in [-0.15, -0.1) is 11.3 Å². The van der Waals surface area contributed by atoms with Gasteiger partial charge in [-0.1, -0.05) is 6.07 Å². The normalized spacial score (nSPS) is 16.0. The minimum atomic E-state index is -4.01. The molecule has 0 atom stereocenters. The van der Waals surface area contributed by atoms with Crippen LogP contribution < -0.4 is 10.0 Å². The van der Waals surface area contributed by atoms with Crippen LogP contribution in [0.4, 0.5) is 10.5 Å². The van der Waals surface area contributed by atoms with Gasteiger partial charge < -0.3 is 10.4 Å². The highest BCUT2D eigenvalue weighted by atomic mass is 32.2. The molecule has 6 nitrogen and oxygen atoms in total. The number of carbonyl (C=O) groups is 1. The zero-order valence-corrected chi connectivity index (χ0v) is 17.6. The first-order valence-corrected chi connectivity index (χ1v) is 11.8. The third-order valence-corrected chi connectivity index (χ3v) is 8.13. The molecular weight excluding hydrogens is 396 g/mol. The molecule has 0 radical (unpaired) electrons. The summed E-state index contributed by atoms with van der Waals surface area (Å²) >= 11 is 1.15. The Morgan fingerprint density at radius 1 is 1.07 bits per heavy atom.